The number of rotatable bonds is 3. The molecule has 0 saturated carbocycles. The van der Waals surface area contributed by atoms with E-state index in [1.807, 2.05) is 17.5 Å². The molecule has 1 rings (SSSR count). The van der Waals surface area contributed by atoms with Gasteiger partial charge in [-0.15, -0.1) is 23.1 Å². The Labute approximate surface area is 62.1 Å². The fourth-order valence-corrected chi connectivity index (χ4v) is 1.96. The smallest absolute Gasteiger partial charge is 0.130 e. The van der Waals surface area contributed by atoms with Crippen LogP contribution >= 0.6 is 23.1 Å². The Morgan fingerprint density at radius 1 is 1.78 bits per heavy atom. The van der Waals surface area contributed by atoms with Crippen LogP contribution in [0.5, 0.6) is 0 Å². The Balaban J connectivity index is 2.38. The Kier molecular flexibility index (Phi) is 2.80. The molecule has 1 aromatic rings. The van der Waals surface area contributed by atoms with E-state index < -0.39 is 0 Å². The molecule has 0 atom stereocenters. The van der Waals surface area contributed by atoms with Gasteiger partial charge in [-0.05, 0) is 11.4 Å². The van der Waals surface area contributed by atoms with Gasteiger partial charge in [0.05, 0.1) is 9.96 Å². The fourth-order valence-electron chi connectivity index (χ4n) is 0.462. The van der Waals surface area contributed by atoms with E-state index in [9.17, 15) is 4.79 Å². The number of hydrogen-bond acceptors (Lipinski definition) is 3. The average molecular weight is 158 g/mol. The third kappa shape index (κ3) is 2.20. The molecule has 0 saturated heterocycles. The highest BCUT2D eigenvalue weighted by Crippen LogP contribution is 2.21. The molecule has 0 aliphatic heterocycles. The third-order valence-electron chi connectivity index (χ3n) is 0.789. The lowest BCUT2D eigenvalue weighted by Gasteiger charge is -1.85. The predicted molar refractivity (Wildman–Crippen MR) is 41.1 cm³/mol. The number of carbonyl (C=O) groups is 1. The maximum Gasteiger partial charge on any atom is 0.130 e. The van der Waals surface area contributed by atoms with Gasteiger partial charge >= 0.3 is 0 Å². The Morgan fingerprint density at radius 2 is 2.67 bits per heavy atom. The van der Waals surface area contributed by atoms with Crippen LogP contribution in [0.3, 0.4) is 0 Å². The molecule has 0 aliphatic rings. The van der Waals surface area contributed by atoms with Crippen molar-refractivity contribution in [1.82, 2.24) is 0 Å². The van der Waals surface area contributed by atoms with Crippen LogP contribution in [0.25, 0.3) is 0 Å². The molecule has 0 radical (unpaired) electrons. The molecule has 0 unspecified atom stereocenters. The molecular formula is C6H6OS2. The van der Waals surface area contributed by atoms with Crippen LogP contribution in [0.4, 0.5) is 0 Å². The maximum absolute atomic E-state index is 9.88. The van der Waals surface area contributed by atoms with Crippen LogP contribution in [0, 0.1) is 0 Å². The van der Waals surface area contributed by atoms with Gasteiger partial charge in [0, 0.05) is 0 Å². The number of thiophene rings is 1. The zero-order valence-electron chi connectivity index (χ0n) is 4.74. The van der Waals surface area contributed by atoms with E-state index in [4.69, 9.17) is 0 Å². The van der Waals surface area contributed by atoms with E-state index in [2.05, 4.69) is 0 Å². The zero-order valence-corrected chi connectivity index (χ0v) is 6.37. The molecular weight excluding hydrogens is 152 g/mol. The highest BCUT2D eigenvalue weighted by Gasteiger charge is 1.90. The summed E-state index contributed by atoms with van der Waals surface area (Å²) in [6.45, 7) is 0. The second-order valence-corrected chi connectivity index (χ2v) is 3.68. The SMILES string of the molecule is O=CCSc1cccs1. The van der Waals surface area contributed by atoms with Crippen molar-refractivity contribution in [2.75, 3.05) is 5.75 Å². The highest BCUT2D eigenvalue weighted by atomic mass is 32.2. The standard InChI is InChI=1S/C6H6OS2/c7-3-5-9-6-2-1-4-8-6/h1-4H,5H2. The van der Waals surface area contributed by atoms with Crippen molar-refractivity contribution < 1.29 is 4.79 Å². The van der Waals surface area contributed by atoms with Gasteiger partial charge in [-0.3, -0.25) is 0 Å². The summed E-state index contributed by atoms with van der Waals surface area (Å²) < 4.78 is 1.21. The number of aldehydes is 1. The van der Waals surface area contributed by atoms with Crippen molar-refractivity contribution in [2.45, 2.75) is 4.21 Å². The predicted octanol–water partition coefficient (Wildman–Crippen LogP) is 2.04. The lowest BCUT2D eigenvalue weighted by Crippen LogP contribution is -1.73. The summed E-state index contributed by atoms with van der Waals surface area (Å²) >= 11 is 3.24. The van der Waals surface area contributed by atoms with Crippen molar-refractivity contribution in [3.63, 3.8) is 0 Å². The van der Waals surface area contributed by atoms with Crippen LogP contribution in [-0.2, 0) is 4.79 Å². The summed E-state index contributed by atoms with van der Waals surface area (Å²) in [6, 6.07) is 4.00. The summed E-state index contributed by atoms with van der Waals surface area (Å²) in [6.07, 6.45) is 0.921. The first-order chi connectivity index (χ1) is 4.43. The Morgan fingerprint density at radius 3 is 3.22 bits per heavy atom. The van der Waals surface area contributed by atoms with Gasteiger partial charge in [-0.1, -0.05) is 6.07 Å². The second-order valence-electron chi connectivity index (χ2n) is 1.41. The summed E-state index contributed by atoms with van der Waals surface area (Å²) in [7, 11) is 0. The van der Waals surface area contributed by atoms with Gasteiger partial charge in [0.25, 0.3) is 0 Å². The van der Waals surface area contributed by atoms with Gasteiger partial charge in [-0.2, -0.15) is 0 Å². The molecule has 1 aromatic heterocycles. The van der Waals surface area contributed by atoms with Crippen molar-refractivity contribution in [3.05, 3.63) is 17.5 Å². The van der Waals surface area contributed by atoms with Gasteiger partial charge in [0.1, 0.15) is 6.29 Å². The molecule has 0 aromatic carbocycles. The Hall–Kier alpha value is -0.280. The normalized spacial score (nSPS) is 9.33. The van der Waals surface area contributed by atoms with E-state index in [-0.39, 0.29) is 0 Å². The lowest BCUT2D eigenvalue weighted by atomic mass is 10.7. The molecule has 0 aliphatic carbocycles. The molecule has 1 nitrogen and oxygen atoms in total. The monoisotopic (exact) mass is 158 g/mol. The molecule has 0 fully saturated rings. The molecule has 0 N–H and O–H groups in total. The number of carbonyl (C=O) groups excluding carboxylic acids is 1. The van der Waals surface area contributed by atoms with Crippen molar-refractivity contribution in [1.29, 1.82) is 0 Å². The zero-order chi connectivity index (χ0) is 6.53. The van der Waals surface area contributed by atoms with Crippen LogP contribution in [0.1, 0.15) is 0 Å². The fraction of sp³-hybridized carbons (Fsp3) is 0.167. The minimum Gasteiger partial charge on any atom is -0.302 e. The second kappa shape index (κ2) is 3.69. The van der Waals surface area contributed by atoms with Crippen LogP contribution in [-0.4, -0.2) is 12.0 Å². The maximum atomic E-state index is 9.88. The first-order valence-electron chi connectivity index (χ1n) is 2.53. The van der Waals surface area contributed by atoms with Gasteiger partial charge in [0.2, 0.25) is 0 Å². The van der Waals surface area contributed by atoms with Gasteiger partial charge < -0.3 is 4.79 Å². The quantitative estimate of drug-likeness (QED) is 0.494. The highest BCUT2D eigenvalue weighted by molar-refractivity contribution is 8.01. The largest absolute Gasteiger partial charge is 0.302 e. The van der Waals surface area contributed by atoms with Crippen LogP contribution in [0.2, 0.25) is 0 Å². The Bertz CT molecular complexity index is 169. The van der Waals surface area contributed by atoms with E-state index >= 15 is 0 Å². The summed E-state index contributed by atoms with van der Waals surface area (Å²) in [5.41, 5.74) is 0. The third-order valence-corrected chi connectivity index (χ3v) is 2.82. The summed E-state index contributed by atoms with van der Waals surface area (Å²) in [5, 5.41) is 2.01. The van der Waals surface area contributed by atoms with Crippen molar-refractivity contribution in [2.24, 2.45) is 0 Å². The molecule has 1 heterocycles. The minimum absolute atomic E-state index is 0.570. The topological polar surface area (TPSA) is 17.1 Å². The van der Waals surface area contributed by atoms with E-state index in [0.717, 1.165) is 6.29 Å². The molecule has 0 spiro atoms. The average Bonchev–Trinajstić information content (AvgIpc) is 2.34. The first kappa shape index (κ1) is 6.83. The molecule has 3 heteroatoms. The van der Waals surface area contributed by atoms with E-state index in [1.54, 1.807) is 23.1 Å². The van der Waals surface area contributed by atoms with Crippen LogP contribution in [0.15, 0.2) is 21.7 Å². The number of hydrogen-bond donors (Lipinski definition) is 0. The van der Waals surface area contributed by atoms with Gasteiger partial charge in [0.15, 0.2) is 0 Å². The number of thioether (sulfide) groups is 1. The summed E-state index contributed by atoms with van der Waals surface area (Å²) in [5.74, 6) is 0.570. The first-order valence-corrected chi connectivity index (χ1v) is 4.40. The van der Waals surface area contributed by atoms with Crippen LogP contribution < -0.4 is 0 Å². The summed E-state index contributed by atoms with van der Waals surface area (Å²) in [4.78, 5) is 9.88. The minimum atomic E-state index is 0.570. The lowest BCUT2D eigenvalue weighted by molar-refractivity contribution is -0.105. The van der Waals surface area contributed by atoms with Gasteiger partial charge in [-0.25, -0.2) is 0 Å². The van der Waals surface area contributed by atoms with E-state index in [1.165, 1.54) is 4.21 Å². The molecule has 0 amide bonds. The van der Waals surface area contributed by atoms with Crippen molar-refractivity contribution in [3.8, 4) is 0 Å². The molecule has 0 bridgehead atoms. The molecule has 9 heavy (non-hydrogen) atoms. The van der Waals surface area contributed by atoms with E-state index in [0.29, 0.717) is 5.75 Å². The van der Waals surface area contributed by atoms with Crippen molar-refractivity contribution >= 4 is 29.4 Å². The molecule has 48 valence electrons.